The summed E-state index contributed by atoms with van der Waals surface area (Å²) in [7, 11) is 0. The maximum atomic E-state index is 14.5. The molecule has 0 aliphatic rings. The van der Waals surface area contributed by atoms with Gasteiger partial charge in [0.05, 0.1) is 17.2 Å². The summed E-state index contributed by atoms with van der Waals surface area (Å²) in [6.45, 7) is 2.21. The Morgan fingerprint density at radius 2 is 1.15 bits per heavy atom. The van der Waals surface area contributed by atoms with Crippen LogP contribution in [0.3, 0.4) is 0 Å². The highest BCUT2D eigenvalue weighted by Crippen LogP contribution is 2.15. The summed E-state index contributed by atoms with van der Waals surface area (Å²) in [5, 5.41) is 8.82. The Balaban J connectivity index is 1.66. The second-order valence-corrected chi connectivity index (χ2v) is 7.87. The zero-order chi connectivity index (χ0) is 23.5. The van der Waals surface area contributed by atoms with Gasteiger partial charge in [0, 0.05) is 16.7 Å². The topological polar surface area (TPSA) is 23.8 Å². The number of hydrogen-bond donors (Lipinski definition) is 0. The summed E-state index contributed by atoms with van der Waals surface area (Å²) < 4.78 is 28.9. The van der Waals surface area contributed by atoms with Gasteiger partial charge in [-0.1, -0.05) is 68.4 Å². The lowest BCUT2D eigenvalue weighted by Crippen LogP contribution is -1.92. The highest BCUT2D eigenvalue weighted by atomic mass is 19.1. The van der Waals surface area contributed by atoms with Crippen LogP contribution in [-0.2, 0) is 6.42 Å². The number of benzene rings is 3. The van der Waals surface area contributed by atoms with Crippen molar-refractivity contribution in [2.24, 2.45) is 0 Å². The van der Waals surface area contributed by atoms with Crippen LogP contribution in [0.25, 0.3) is 0 Å². The normalized spacial score (nSPS) is 9.88. The summed E-state index contributed by atoms with van der Waals surface area (Å²) in [4.78, 5) is 0. The third kappa shape index (κ3) is 7.35. The van der Waals surface area contributed by atoms with Crippen LogP contribution in [0, 0.1) is 46.6 Å². The molecule has 3 aromatic rings. The third-order valence-electron chi connectivity index (χ3n) is 5.26. The summed E-state index contributed by atoms with van der Waals surface area (Å²) in [6, 6.07) is 18.9. The van der Waals surface area contributed by atoms with Crippen molar-refractivity contribution in [3.05, 3.63) is 106 Å². The van der Waals surface area contributed by atoms with Gasteiger partial charge in [-0.2, -0.15) is 5.26 Å². The molecule has 0 saturated carbocycles. The molecule has 0 N–H and O–H groups in total. The summed E-state index contributed by atoms with van der Waals surface area (Å²) in [5.74, 6) is 9.56. The highest BCUT2D eigenvalue weighted by molar-refractivity contribution is 5.50. The number of halogens is 2. The molecular formula is C30H25F2N. The molecule has 0 fully saturated rings. The van der Waals surface area contributed by atoms with Crippen LogP contribution in [0.15, 0.2) is 60.7 Å². The monoisotopic (exact) mass is 437 g/mol. The van der Waals surface area contributed by atoms with E-state index in [-0.39, 0.29) is 11.1 Å². The van der Waals surface area contributed by atoms with Gasteiger partial charge in [0.1, 0.15) is 11.6 Å². The minimum atomic E-state index is -0.751. The molecule has 3 rings (SSSR count). The molecule has 3 heteroatoms. The van der Waals surface area contributed by atoms with Gasteiger partial charge in [0.15, 0.2) is 0 Å². The number of rotatable bonds is 6. The molecule has 0 aromatic heterocycles. The molecule has 0 unspecified atom stereocenters. The van der Waals surface area contributed by atoms with Crippen molar-refractivity contribution >= 4 is 0 Å². The quantitative estimate of drug-likeness (QED) is 0.297. The molecule has 0 atom stereocenters. The molecule has 0 amide bonds. The van der Waals surface area contributed by atoms with Crippen molar-refractivity contribution in [1.82, 2.24) is 0 Å². The lowest BCUT2D eigenvalue weighted by Gasteiger charge is -2.02. The zero-order valence-corrected chi connectivity index (χ0v) is 18.7. The second-order valence-electron chi connectivity index (χ2n) is 7.87. The number of nitrogens with zero attached hydrogens (tertiary/aromatic N) is 1. The van der Waals surface area contributed by atoms with Gasteiger partial charge in [-0.15, -0.1) is 0 Å². The summed E-state index contributed by atoms with van der Waals surface area (Å²) >= 11 is 0. The van der Waals surface area contributed by atoms with E-state index in [0.717, 1.165) is 12.0 Å². The molecule has 0 saturated heterocycles. The first-order chi connectivity index (χ1) is 16.1. The highest BCUT2D eigenvalue weighted by Gasteiger charge is 2.08. The average molecular weight is 438 g/mol. The van der Waals surface area contributed by atoms with Gasteiger partial charge in [-0.05, 0) is 66.9 Å². The maximum absolute atomic E-state index is 14.5. The molecule has 164 valence electrons. The third-order valence-corrected chi connectivity index (χ3v) is 5.26. The summed E-state index contributed by atoms with van der Waals surface area (Å²) in [6.07, 6.45) is 7.31. The fraction of sp³-hybridized carbons (Fsp3) is 0.233. The molecule has 0 heterocycles. The second kappa shape index (κ2) is 12.2. The van der Waals surface area contributed by atoms with Crippen molar-refractivity contribution in [1.29, 1.82) is 5.26 Å². The van der Waals surface area contributed by atoms with Crippen LogP contribution in [-0.4, -0.2) is 0 Å². The largest absolute Gasteiger partial charge is 0.205 e. The van der Waals surface area contributed by atoms with Crippen LogP contribution in [0.4, 0.5) is 8.78 Å². The van der Waals surface area contributed by atoms with E-state index in [1.54, 1.807) is 24.3 Å². The van der Waals surface area contributed by atoms with Gasteiger partial charge < -0.3 is 0 Å². The Morgan fingerprint density at radius 1 is 0.636 bits per heavy atom. The van der Waals surface area contributed by atoms with E-state index in [0.29, 0.717) is 11.1 Å². The van der Waals surface area contributed by atoms with E-state index in [9.17, 15) is 8.78 Å². The first kappa shape index (κ1) is 23.8. The fourth-order valence-electron chi connectivity index (χ4n) is 3.36. The Labute approximate surface area is 195 Å². The van der Waals surface area contributed by atoms with Gasteiger partial charge in [-0.25, -0.2) is 8.78 Å². The maximum Gasteiger partial charge on any atom is 0.143 e. The first-order valence-electron chi connectivity index (χ1n) is 11.2. The predicted octanol–water partition coefficient (Wildman–Crippen LogP) is 7.15. The molecule has 1 nitrogen and oxygen atoms in total. The lowest BCUT2D eigenvalue weighted by molar-refractivity contribution is 0.577. The van der Waals surface area contributed by atoms with E-state index in [1.165, 1.54) is 49.8 Å². The van der Waals surface area contributed by atoms with Crippen LogP contribution < -0.4 is 0 Å². The van der Waals surface area contributed by atoms with Crippen LogP contribution in [0.1, 0.15) is 72.4 Å². The average Bonchev–Trinajstić information content (AvgIpc) is 2.83. The fourth-order valence-corrected chi connectivity index (χ4v) is 3.36. The van der Waals surface area contributed by atoms with Gasteiger partial charge in [-0.3, -0.25) is 0 Å². The van der Waals surface area contributed by atoms with E-state index >= 15 is 0 Å². The van der Waals surface area contributed by atoms with Crippen LogP contribution in [0.5, 0.6) is 0 Å². The van der Waals surface area contributed by atoms with E-state index in [4.69, 9.17) is 5.26 Å². The molecule has 0 aliphatic heterocycles. The Bertz CT molecular complexity index is 1220. The molecule has 33 heavy (non-hydrogen) atoms. The van der Waals surface area contributed by atoms with Crippen molar-refractivity contribution in [3.63, 3.8) is 0 Å². The number of unbranched alkanes of at least 4 members (excludes halogenated alkanes) is 4. The predicted molar refractivity (Wildman–Crippen MR) is 128 cm³/mol. The number of hydrogen-bond acceptors (Lipinski definition) is 1. The molecule has 0 radical (unpaired) electrons. The Morgan fingerprint density at radius 3 is 1.76 bits per heavy atom. The van der Waals surface area contributed by atoms with E-state index in [1.807, 2.05) is 18.2 Å². The number of nitriles is 1. The van der Waals surface area contributed by atoms with Crippen LogP contribution in [0.2, 0.25) is 0 Å². The molecule has 0 aliphatic carbocycles. The van der Waals surface area contributed by atoms with Gasteiger partial charge in [0.2, 0.25) is 0 Å². The molecular weight excluding hydrogens is 412 g/mol. The first-order valence-corrected chi connectivity index (χ1v) is 11.2. The van der Waals surface area contributed by atoms with Crippen molar-refractivity contribution in [2.45, 2.75) is 45.4 Å². The van der Waals surface area contributed by atoms with Gasteiger partial charge in [0.25, 0.3) is 0 Å². The SMILES string of the molecule is CCCCCCCc1ccc(C#Cc2cc(F)c(C#Cc3ccc(C#N)cc3)c(F)c2)cc1. The summed E-state index contributed by atoms with van der Waals surface area (Å²) in [5.41, 5.74) is 3.11. The van der Waals surface area contributed by atoms with E-state index < -0.39 is 11.6 Å². The van der Waals surface area contributed by atoms with E-state index in [2.05, 4.69) is 42.7 Å². The minimum absolute atomic E-state index is 0.258. The standard InChI is InChI=1S/C30H25F2N/c1-2-3-4-5-6-7-23-8-10-24(11-9-23)14-17-27-20-29(31)28(30(32)21-27)19-18-25-12-15-26(22-33)16-13-25/h8-13,15-16,20-21H,2-7H2,1H3. The number of aryl methyl sites for hydroxylation is 1. The van der Waals surface area contributed by atoms with Crippen molar-refractivity contribution < 1.29 is 8.78 Å². The zero-order valence-electron chi connectivity index (χ0n) is 18.7. The Kier molecular flexibility index (Phi) is 8.82. The smallest absolute Gasteiger partial charge is 0.143 e. The Hall–Kier alpha value is -3.87. The van der Waals surface area contributed by atoms with Gasteiger partial charge >= 0.3 is 0 Å². The lowest BCUT2D eigenvalue weighted by atomic mass is 10.0. The molecule has 0 spiro atoms. The van der Waals surface area contributed by atoms with Crippen LogP contribution >= 0.6 is 0 Å². The van der Waals surface area contributed by atoms with Crippen molar-refractivity contribution in [3.8, 4) is 29.8 Å². The molecule has 0 bridgehead atoms. The molecule has 3 aromatic carbocycles. The van der Waals surface area contributed by atoms with Crippen molar-refractivity contribution in [2.75, 3.05) is 0 Å². The minimum Gasteiger partial charge on any atom is -0.205 e.